The Morgan fingerprint density at radius 3 is 2.62 bits per heavy atom. The maximum atomic E-state index is 11.0. The minimum Gasteiger partial charge on any atom is -0.375 e. The quantitative estimate of drug-likeness (QED) is 0.604. The average molecular weight is 221 g/mol. The third kappa shape index (κ3) is 2.58. The van der Waals surface area contributed by atoms with Crippen LogP contribution in [0.4, 0.5) is 4.79 Å². The minimum absolute atomic E-state index is 0.124. The van der Waals surface area contributed by atoms with Gasteiger partial charge in [0.2, 0.25) is 0 Å². The Kier molecular flexibility index (Phi) is 3.16. The van der Waals surface area contributed by atoms with E-state index in [1.807, 2.05) is 30.3 Å². The molecule has 5 nitrogen and oxygen atoms in total. The number of nitrogens with one attached hydrogen (secondary N) is 1. The van der Waals surface area contributed by atoms with Gasteiger partial charge in [0.15, 0.2) is 6.04 Å². The third-order valence-corrected chi connectivity index (χ3v) is 2.17. The fourth-order valence-electron chi connectivity index (χ4n) is 1.37. The van der Waals surface area contributed by atoms with E-state index in [-0.39, 0.29) is 6.61 Å². The maximum absolute atomic E-state index is 11.0. The molecule has 0 aliphatic carbocycles. The van der Waals surface area contributed by atoms with Crippen LogP contribution in [0.5, 0.6) is 0 Å². The first-order chi connectivity index (χ1) is 7.75. The number of ether oxygens (including phenoxy) is 2. The topological polar surface area (TPSA) is 64.6 Å². The van der Waals surface area contributed by atoms with Crippen LogP contribution in [0, 0.1) is 0 Å². The van der Waals surface area contributed by atoms with Crippen LogP contribution in [-0.4, -0.2) is 24.7 Å². The fourth-order valence-corrected chi connectivity index (χ4v) is 1.37. The molecular weight excluding hydrogens is 210 g/mol. The zero-order chi connectivity index (χ0) is 11.4. The van der Waals surface area contributed by atoms with E-state index in [1.165, 1.54) is 0 Å². The molecular formula is C11H11NO4. The van der Waals surface area contributed by atoms with Crippen LogP contribution in [0.25, 0.3) is 0 Å². The zero-order valence-electron chi connectivity index (χ0n) is 8.51. The van der Waals surface area contributed by atoms with Crippen molar-refractivity contribution in [2.45, 2.75) is 12.6 Å². The number of hydrogen-bond donors (Lipinski definition) is 1. The summed E-state index contributed by atoms with van der Waals surface area (Å²) in [5.41, 5.74) is 1.01. The maximum Gasteiger partial charge on any atom is 0.415 e. The molecule has 1 heterocycles. The number of benzene rings is 1. The molecule has 0 saturated carbocycles. The standard InChI is InChI=1S/C11H11NO4/c13-10-9(12-11(14)16-10)7-15-6-8-4-2-1-3-5-8/h1-5,9H,6-7H2,(H,12,14)/t9-/m0/s1. The van der Waals surface area contributed by atoms with Crippen LogP contribution in [-0.2, 0) is 20.9 Å². The molecule has 1 saturated heterocycles. The molecule has 0 radical (unpaired) electrons. The van der Waals surface area contributed by atoms with Crippen molar-refractivity contribution in [3.8, 4) is 0 Å². The molecule has 84 valence electrons. The summed E-state index contributed by atoms with van der Waals surface area (Å²) in [5, 5.41) is 2.35. The summed E-state index contributed by atoms with van der Waals surface area (Å²) in [6.45, 7) is 0.528. The summed E-state index contributed by atoms with van der Waals surface area (Å²) in [6.07, 6.45) is -0.710. The van der Waals surface area contributed by atoms with Gasteiger partial charge in [-0.25, -0.2) is 9.59 Å². The molecule has 1 fully saturated rings. The second-order valence-corrected chi connectivity index (χ2v) is 3.41. The van der Waals surface area contributed by atoms with Gasteiger partial charge in [0.1, 0.15) is 0 Å². The van der Waals surface area contributed by atoms with E-state index in [0.717, 1.165) is 5.56 Å². The van der Waals surface area contributed by atoms with E-state index in [1.54, 1.807) is 0 Å². The molecule has 1 amide bonds. The summed E-state index contributed by atoms with van der Waals surface area (Å²) in [5.74, 6) is -0.585. The third-order valence-electron chi connectivity index (χ3n) is 2.17. The fraction of sp³-hybridized carbons (Fsp3) is 0.273. The highest BCUT2D eigenvalue weighted by atomic mass is 16.6. The summed E-state index contributed by atoms with van der Waals surface area (Å²) >= 11 is 0. The van der Waals surface area contributed by atoms with E-state index in [0.29, 0.717) is 6.61 Å². The van der Waals surface area contributed by atoms with Crippen molar-refractivity contribution in [2.24, 2.45) is 0 Å². The highest BCUT2D eigenvalue weighted by molar-refractivity contribution is 5.95. The van der Waals surface area contributed by atoms with Crippen LogP contribution in [0.15, 0.2) is 30.3 Å². The highest BCUT2D eigenvalue weighted by Crippen LogP contribution is 2.04. The van der Waals surface area contributed by atoms with Crippen molar-refractivity contribution < 1.29 is 19.1 Å². The summed E-state index contributed by atoms with van der Waals surface area (Å²) < 4.78 is 9.61. The molecule has 0 spiro atoms. The van der Waals surface area contributed by atoms with Gasteiger partial charge in [-0.3, -0.25) is 0 Å². The molecule has 1 aromatic carbocycles. The summed E-state index contributed by atoms with van der Waals surface area (Å²) in [7, 11) is 0. The van der Waals surface area contributed by atoms with Crippen molar-refractivity contribution in [2.75, 3.05) is 6.61 Å². The lowest BCUT2D eigenvalue weighted by molar-refractivity contribution is -0.136. The first-order valence-electron chi connectivity index (χ1n) is 4.89. The lowest BCUT2D eigenvalue weighted by atomic mass is 10.2. The van der Waals surface area contributed by atoms with Crippen molar-refractivity contribution in [1.82, 2.24) is 5.32 Å². The van der Waals surface area contributed by atoms with Gasteiger partial charge in [-0.15, -0.1) is 0 Å². The molecule has 1 atom stereocenters. The van der Waals surface area contributed by atoms with Gasteiger partial charge in [0.25, 0.3) is 0 Å². The van der Waals surface area contributed by atoms with E-state index >= 15 is 0 Å². The predicted molar refractivity (Wildman–Crippen MR) is 54.5 cm³/mol. The first-order valence-corrected chi connectivity index (χ1v) is 4.89. The van der Waals surface area contributed by atoms with Gasteiger partial charge >= 0.3 is 12.1 Å². The summed E-state index contributed by atoms with van der Waals surface area (Å²) in [4.78, 5) is 21.7. The number of esters is 1. The normalized spacial score (nSPS) is 19.4. The molecule has 0 bridgehead atoms. The second-order valence-electron chi connectivity index (χ2n) is 3.41. The van der Waals surface area contributed by atoms with Gasteiger partial charge in [-0.2, -0.15) is 0 Å². The molecule has 1 aliphatic heterocycles. The molecule has 1 aromatic rings. The van der Waals surface area contributed by atoms with Crippen molar-refractivity contribution in [3.05, 3.63) is 35.9 Å². The Bertz CT molecular complexity index is 390. The van der Waals surface area contributed by atoms with Crippen LogP contribution >= 0.6 is 0 Å². The van der Waals surface area contributed by atoms with Crippen LogP contribution < -0.4 is 5.32 Å². The summed E-state index contributed by atoms with van der Waals surface area (Å²) in [6, 6.07) is 8.89. The lowest BCUT2D eigenvalue weighted by Gasteiger charge is -2.06. The number of carbonyl (C=O) groups excluding carboxylic acids is 2. The lowest BCUT2D eigenvalue weighted by Crippen LogP contribution is -2.33. The largest absolute Gasteiger partial charge is 0.415 e. The monoisotopic (exact) mass is 221 g/mol. The number of rotatable bonds is 4. The molecule has 1 aliphatic rings. The molecule has 5 heteroatoms. The Morgan fingerprint density at radius 2 is 2.00 bits per heavy atom. The van der Waals surface area contributed by atoms with E-state index in [4.69, 9.17) is 4.74 Å². The minimum atomic E-state index is -0.710. The Hall–Kier alpha value is -1.88. The van der Waals surface area contributed by atoms with Gasteiger partial charge in [0, 0.05) is 0 Å². The average Bonchev–Trinajstić information content (AvgIpc) is 2.59. The van der Waals surface area contributed by atoms with Crippen LogP contribution in [0.3, 0.4) is 0 Å². The number of hydrogen-bond acceptors (Lipinski definition) is 4. The number of amides is 1. The van der Waals surface area contributed by atoms with Gasteiger partial charge in [-0.05, 0) is 5.56 Å². The SMILES string of the molecule is O=C1N[C@@H](COCc2ccccc2)C(=O)O1. The predicted octanol–water partition coefficient (Wildman–Crippen LogP) is 0.838. The van der Waals surface area contributed by atoms with Gasteiger partial charge < -0.3 is 14.8 Å². The number of alkyl carbamates (subject to hydrolysis) is 1. The van der Waals surface area contributed by atoms with Crippen LogP contribution in [0.2, 0.25) is 0 Å². The highest BCUT2D eigenvalue weighted by Gasteiger charge is 2.32. The number of cyclic esters (lactones) is 2. The van der Waals surface area contributed by atoms with Crippen molar-refractivity contribution in [3.63, 3.8) is 0 Å². The molecule has 0 aromatic heterocycles. The Morgan fingerprint density at radius 1 is 1.25 bits per heavy atom. The van der Waals surface area contributed by atoms with E-state index in [2.05, 4.69) is 10.1 Å². The number of carbonyl (C=O) groups is 2. The molecule has 16 heavy (non-hydrogen) atoms. The smallest absolute Gasteiger partial charge is 0.375 e. The van der Waals surface area contributed by atoms with Crippen molar-refractivity contribution in [1.29, 1.82) is 0 Å². The van der Waals surface area contributed by atoms with Crippen LogP contribution in [0.1, 0.15) is 5.56 Å². The van der Waals surface area contributed by atoms with E-state index in [9.17, 15) is 9.59 Å². The van der Waals surface area contributed by atoms with Gasteiger partial charge in [-0.1, -0.05) is 30.3 Å². The second kappa shape index (κ2) is 4.76. The molecule has 2 rings (SSSR count). The van der Waals surface area contributed by atoms with Crippen molar-refractivity contribution >= 4 is 12.1 Å². The Labute approximate surface area is 92.4 Å². The molecule has 0 unspecified atom stereocenters. The van der Waals surface area contributed by atoms with E-state index < -0.39 is 18.1 Å². The molecule has 1 N–H and O–H groups in total. The Balaban J connectivity index is 1.76. The van der Waals surface area contributed by atoms with Gasteiger partial charge in [0.05, 0.1) is 13.2 Å². The zero-order valence-corrected chi connectivity index (χ0v) is 8.51. The first kappa shape index (κ1) is 10.6.